The summed E-state index contributed by atoms with van der Waals surface area (Å²) in [5.74, 6) is 0.385. The minimum atomic E-state index is -3.66. The molecule has 2 aromatic rings. The molecule has 0 radical (unpaired) electrons. The number of aromatic nitrogens is 3. The van der Waals surface area contributed by atoms with E-state index in [1.807, 2.05) is 30.3 Å². The average molecular weight is 334 g/mol. The van der Waals surface area contributed by atoms with Gasteiger partial charge in [-0.05, 0) is 24.3 Å². The summed E-state index contributed by atoms with van der Waals surface area (Å²) in [6.07, 6.45) is 3.30. The third-order valence-corrected chi connectivity index (χ3v) is 5.44. The van der Waals surface area contributed by atoms with Crippen LogP contribution in [0.25, 0.3) is 0 Å². The molecule has 0 unspecified atom stereocenters. The largest absolute Gasteiger partial charge is 0.282 e. The summed E-state index contributed by atoms with van der Waals surface area (Å²) in [6, 6.07) is 9.71. The van der Waals surface area contributed by atoms with E-state index in [0.29, 0.717) is 19.0 Å². The van der Waals surface area contributed by atoms with Crippen molar-refractivity contribution in [2.24, 2.45) is 5.92 Å². The molecule has 0 bridgehead atoms. The monoisotopic (exact) mass is 334 g/mol. The number of sulfonamides is 1. The van der Waals surface area contributed by atoms with Gasteiger partial charge in [-0.3, -0.25) is 4.68 Å². The Labute approximate surface area is 137 Å². The Morgan fingerprint density at radius 2 is 1.96 bits per heavy atom. The maximum absolute atomic E-state index is 12.9. The van der Waals surface area contributed by atoms with Gasteiger partial charge in [0.1, 0.15) is 6.33 Å². The second-order valence-corrected chi connectivity index (χ2v) is 8.19. The van der Waals surface area contributed by atoms with Crippen LogP contribution in [0.15, 0.2) is 41.8 Å². The fraction of sp³-hybridized carbons (Fsp3) is 0.500. The molecule has 0 atom stereocenters. The first kappa shape index (κ1) is 16.1. The van der Waals surface area contributed by atoms with Gasteiger partial charge in [-0.15, -0.1) is 5.10 Å². The van der Waals surface area contributed by atoms with Gasteiger partial charge in [-0.25, -0.2) is 13.4 Å². The van der Waals surface area contributed by atoms with Crippen molar-refractivity contribution in [3.8, 4) is 0 Å². The fourth-order valence-corrected chi connectivity index (χ4v) is 4.02. The van der Waals surface area contributed by atoms with Gasteiger partial charge in [-0.2, -0.15) is 4.31 Å². The summed E-state index contributed by atoms with van der Waals surface area (Å²) in [5, 5.41) is 4.07. The summed E-state index contributed by atoms with van der Waals surface area (Å²) in [4.78, 5) is 4.04. The minimum absolute atomic E-state index is 0.0669. The molecule has 1 aromatic heterocycles. The van der Waals surface area contributed by atoms with Gasteiger partial charge >= 0.3 is 0 Å². The number of rotatable bonds is 7. The highest BCUT2D eigenvalue weighted by Gasteiger charge is 2.40. The predicted molar refractivity (Wildman–Crippen MR) is 87.1 cm³/mol. The summed E-state index contributed by atoms with van der Waals surface area (Å²) < 4.78 is 29.0. The molecule has 1 fully saturated rings. The standard InChI is InChI=1S/C16H22N4O2S/c1-13(2)10-19-12-17-16(18-19)23(21,22)20(15-8-9-15)11-14-6-4-3-5-7-14/h3-7,12-13,15H,8-11H2,1-2H3. The van der Waals surface area contributed by atoms with E-state index in [9.17, 15) is 8.42 Å². The van der Waals surface area contributed by atoms with Gasteiger partial charge < -0.3 is 0 Å². The molecule has 0 spiro atoms. The van der Waals surface area contributed by atoms with E-state index in [4.69, 9.17) is 0 Å². The van der Waals surface area contributed by atoms with Crippen LogP contribution < -0.4 is 0 Å². The van der Waals surface area contributed by atoms with E-state index in [2.05, 4.69) is 23.9 Å². The summed E-state index contributed by atoms with van der Waals surface area (Å²) in [7, 11) is -3.66. The lowest BCUT2D eigenvalue weighted by Crippen LogP contribution is -2.33. The number of benzene rings is 1. The van der Waals surface area contributed by atoms with Crippen LogP contribution in [0.3, 0.4) is 0 Å². The van der Waals surface area contributed by atoms with E-state index in [-0.39, 0.29) is 11.2 Å². The molecular weight excluding hydrogens is 312 g/mol. The van der Waals surface area contributed by atoms with Crippen LogP contribution in [0.2, 0.25) is 0 Å². The Kier molecular flexibility index (Phi) is 4.50. The number of nitrogens with zero attached hydrogens (tertiary/aromatic N) is 4. The second kappa shape index (κ2) is 6.41. The van der Waals surface area contributed by atoms with Crippen LogP contribution in [0, 0.1) is 5.92 Å². The van der Waals surface area contributed by atoms with Crippen molar-refractivity contribution in [1.82, 2.24) is 19.1 Å². The Morgan fingerprint density at radius 1 is 1.26 bits per heavy atom. The maximum Gasteiger partial charge on any atom is 0.282 e. The molecule has 0 amide bonds. The molecule has 6 nitrogen and oxygen atoms in total. The quantitative estimate of drug-likeness (QED) is 0.779. The zero-order valence-electron chi connectivity index (χ0n) is 13.5. The normalized spacial score (nSPS) is 15.5. The lowest BCUT2D eigenvalue weighted by molar-refractivity contribution is 0.392. The topological polar surface area (TPSA) is 68.1 Å². The van der Waals surface area contributed by atoms with Gasteiger partial charge in [0.15, 0.2) is 0 Å². The molecule has 1 aliphatic rings. The first-order valence-electron chi connectivity index (χ1n) is 7.92. The maximum atomic E-state index is 12.9. The smallest absolute Gasteiger partial charge is 0.251 e. The first-order valence-corrected chi connectivity index (χ1v) is 9.36. The highest BCUT2D eigenvalue weighted by Crippen LogP contribution is 2.32. The molecule has 1 saturated carbocycles. The van der Waals surface area contributed by atoms with Crippen LogP contribution >= 0.6 is 0 Å². The van der Waals surface area contributed by atoms with Gasteiger partial charge in [0.05, 0.1) is 0 Å². The number of hydrogen-bond donors (Lipinski definition) is 0. The van der Waals surface area contributed by atoms with E-state index in [1.54, 1.807) is 4.68 Å². The molecule has 7 heteroatoms. The molecular formula is C16H22N4O2S. The van der Waals surface area contributed by atoms with Crippen LogP contribution in [0.1, 0.15) is 32.3 Å². The van der Waals surface area contributed by atoms with Crippen molar-refractivity contribution >= 4 is 10.0 Å². The third-order valence-electron chi connectivity index (χ3n) is 3.74. The molecule has 0 saturated heterocycles. The number of hydrogen-bond acceptors (Lipinski definition) is 4. The lowest BCUT2D eigenvalue weighted by Gasteiger charge is -2.20. The van der Waals surface area contributed by atoms with Gasteiger partial charge in [0.25, 0.3) is 15.2 Å². The van der Waals surface area contributed by atoms with Crippen molar-refractivity contribution in [3.63, 3.8) is 0 Å². The minimum Gasteiger partial charge on any atom is -0.251 e. The molecule has 124 valence electrons. The predicted octanol–water partition coefficient (Wildman–Crippen LogP) is 2.29. The van der Waals surface area contributed by atoms with Crippen LogP contribution in [-0.4, -0.2) is 33.5 Å². The third kappa shape index (κ3) is 3.79. The van der Waals surface area contributed by atoms with E-state index < -0.39 is 10.0 Å². The Morgan fingerprint density at radius 3 is 2.57 bits per heavy atom. The van der Waals surface area contributed by atoms with Crippen molar-refractivity contribution in [2.45, 2.75) is 51.0 Å². The van der Waals surface area contributed by atoms with Crippen molar-refractivity contribution in [1.29, 1.82) is 0 Å². The zero-order chi connectivity index (χ0) is 16.4. The van der Waals surface area contributed by atoms with Gasteiger partial charge in [0, 0.05) is 19.1 Å². The van der Waals surface area contributed by atoms with Crippen LogP contribution in [-0.2, 0) is 23.1 Å². The molecule has 1 aliphatic carbocycles. The van der Waals surface area contributed by atoms with Crippen LogP contribution in [0.5, 0.6) is 0 Å². The Balaban J connectivity index is 1.84. The van der Waals surface area contributed by atoms with E-state index in [0.717, 1.165) is 18.4 Å². The molecule has 23 heavy (non-hydrogen) atoms. The van der Waals surface area contributed by atoms with E-state index >= 15 is 0 Å². The Hall–Kier alpha value is -1.73. The highest BCUT2D eigenvalue weighted by molar-refractivity contribution is 7.88. The molecule has 1 aromatic carbocycles. The lowest BCUT2D eigenvalue weighted by atomic mass is 10.2. The zero-order valence-corrected chi connectivity index (χ0v) is 14.3. The van der Waals surface area contributed by atoms with Gasteiger partial charge in [-0.1, -0.05) is 44.2 Å². The van der Waals surface area contributed by atoms with E-state index in [1.165, 1.54) is 10.6 Å². The van der Waals surface area contributed by atoms with Crippen molar-refractivity contribution in [2.75, 3.05) is 0 Å². The first-order chi connectivity index (χ1) is 11.0. The SMILES string of the molecule is CC(C)Cn1cnc(S(=O)(=O)N(Cc2ccccc2)C2CC2)n1. The summed E-state index contributed by atoms with van der Waals surface area (Å²) in [5.41, 5.74) is 0.976. The molecule has 0 aliphatic heterocycles. The molecule has 1 heterocycles. The second-order valence-electron chi connectivity index (χ2n) is 6.41. The Bertz CT molecular complexity index is 751. The molecule has 3 rings (SSSR count). The van der Waals surface area contributed by atoms with Crippen molar-refractivity contribution < 1.29 is 8.42 Å². The fourth-order valence-electron chi connectivity index (χ4n) is 2.50. The van der Waals surface area contributed by atoms with Gasteiger partial charge in [0.2, 0.25) is 0 Å². The highest BCUT2D eigenvalue weighted by atomic mass is 32.2. The average Bonchev–Trinajstić information content (AvgIpc) is 3.24. The molecule has 0 N–H and O–H groups in total. The van der Waals surface area contributed by atoms with Crippen molar-refractivity contribution in [3.05, 3.63) is 42.2 Å². The van der Waals surface area contributed by atoms with Crippen LogP contribution in [0.4, 0.5) is 0 Å². The summed E-state index contributed by atoms with van der Waals surface area (Å²) in [6.45, 7) is 5.14. The summed E-state index contributed by atoms with van der Waals surface area (Å²) >= 11 is 0.